The highest BCUT2D eigenvalue weighted by atomic mass is 31.1. The van der Waals surface area contributed by atoms with Crippen molar-refractivity contribution in [3.05, 3.63) is 42.0 Å². The van der Waals surface area contributed by atoms with E-state index >= 15 is 0 Å². The molecule has 1 aliphatic rings. The Morgan fingerprint density at radius 3 is 1.84 bits per heavy atom. The van der Waals surface area contributed by atoms with Gasteiger partial charge in [-0.15, -0.1) is 0 Å². The summed E-state index contributed by atoms with van der Waals surface area (Å²) in [6.07, 6.45) is 2.97. The molecule has 0 bridgehead atoms. The van der Waals surface area contributed by atoms with E-state index in [4.69, 9.17) is 18.9 Å². The highest BCUT2D eigenvalue weighted by molar-refractivity contribution is 7.74. The third-order valence-electron chi connectivity index (χ3n) is 6.37. The van der Waals surface area contributed by atoms with E-state index in [1.54, 1.807) is 28.4 Å². The Kier molecular flexibility index (Phi) is 8.08. The van der Waals surface area contributed by atoms with E-state index < -0.39 is 7.92 Å². The number of aromatic hydroxyl groups is 1. The largest absolute Gasteiger partial charge is 0.507 e. The molecule has 1 aliphatic carbocycles. The van der Waals surface area contributed by atoms with Gasteiger partial charge in [0.2, 0.25) is 0 Å². The van der Waals surface area contributed by atoms with Crippen LogP contribution >= 0.6 is 7.92 Å². The Morgan fingerprint density at radius 2 is 1.38 bits per heavy atom. The molecule has 6 heteroatoms. The van der Waals surface area contributed by atoms with Gasteiger partial charge < -0.3 is 24.1 Å². The molecule has 3 rings (SSSR count). The van der Waals surface area contributed by atoms with Gasteiger partial charge in [0, 0.05) is 25.2 Å². The molecule has 0 saturated heterocycles. The maximum Gasteiger partial charge on any atom is 0.130 e. The van der Waals surface area contributed by atoms with Gasteiger partial charge in [-0.05, 0) is 50.3 Å². The lowest BCUT2D eigenvalue weighted by Crippen LogP contribution is -2.45. The van der Waals surface area contributed by atoms with Crippen LogP contribution in [0.1, 0.15) is 45.6 Å². The minimum absolute atomic E-state index is 0.00659. The minimum Gasteiger partial charge on any atom is -0.507 e. The van der Waals surface area contributed by atoms with Crippen molar-refractivity contribution in [3.8, 4) is 17.2 Å². The molecule has 1 saturated carbocycles. The zero-order valence-electron chi connectivity index (χ0n) is 20.3. The molecule has 0 heterocycles. The van der Waals surface area contributed by atoms with Crippen LogP contribution in [-0.4, -0.2) is 51.4 Å². The van der Waals surface area contributed by atoms with Crippen molar-refractivity contribution in [2.45, 2.75) is 63.3 Å². The Labute approximate surface area is 193 Å². The third-order valence-corrected chi connectivity index (χ3v) is 9.43. The van der Waals surface area contributed by atoms with E-state index in [1.807, 2.05) is 36.4 Å². The quantitative estimate of drug-likeness (QED) is 0.606. The first-order valence-electron chi connectivity index (χ1n) is 11.2. The number of hydrogen-bond donors (Lipinski definition) is 1. The summed E-state index contributed by atoms with van der Waals surface area (Å²) < 4.78 is 23.7. The van der Waals surface area contributed by atoms with E-state index in [0.717, 1.165) is 46.9 Å². The molecule has 3 atom stereocenters. The van der Waals surface area contributed by atoms with Crippen LogP contribution in [0, 0.1) is 0 Å². The topological polar surface area (TPSA) is 57.2 Å². The Morgan fingerprint density at radius 1 is 0.844 bits per heavy atom. The molecule has 5 nitrogen and oxygen atoms in total. The summed E-state index contributed by atoms with van der Waals surface area (Å²) in [5.41, 5.74) is 0.773. The fourth-order valence-corrected chi connectivity index (χ4v) is 8.25. The van der Waals surface area contributed by atoms with Crippen molar-refractivity contribution in [2.75, 3.05) is 28.4 Å². The van der Waals surface area contributed by atoms with Crippen LogP contribution in [0.25, 0.3) is 0 Å². The Bertz CT molecular complexity index is 873. The van der Waals surface area contributed by atoms with E-state index in [2.05, 4.69) is 20.8 Å². The molecule has 32 heavy (non-hydrogen) atoms. The van der Waals surface area contributed by atoms with E-state index in [-0.39, 0.29) is 23.3 Å². The van der Waals surface area contributed by atoms with Crippen molar-refractivity contribution in [2.24, 2.45) is 0 Å². The molecule has 3 unspecified atom stereocenters. The Balaban J connectivity index is 2.34. The van der Waals surface area contributed by atoms with Crippen LogP contribution < -0.4 is 20.1 Å². The summed E-state index contributed by atoms with van der Waals surface area (Å²) in [5.74, 6) is 1.85. The number of hydrogen-bond acceptors (Lipinski definition) is 5. The second-order valence-electron chi connectivity index (χ2n) is 9.27. The van der Waals surface area contributed by atoms with Gasteiger partial charge in [-0.3, -0.25) is 0 Å². The summed E-state index contributed by atoms with van der Waals surface area (Å²) in [5, 5.41) is 13.5. The predicted octanol–water partition coefficient (Wildman–Crippen LogP) is 4.72. The van der Waals surface area contributed by atoms with Crippen LogP contribution in [0.15, 0.2) is 36.4 Å². The van der Waals surface area contributed by atoms with Gasteiger partial charge >= 0.3 is 0 Å². The van der Waals surface area contributed by atoms with Crippen molar-refractivity contribution in [1.82, 2.24) is 0 Å². The zero-order chi connectivity index (χ0) is 23.5. The van der Waals surface area contributed by atoms with Crippen LogP contribution in [0.3, 0.4) is 0 Å². The SMILES string of the molecule is COc1cccc(OC)c1P(c1cccc(C(C)(C)C)c1O)C1C(OC)CCCC1OC. The second-order valence-corrected chi connectivity index (χ2v) is 11.5. The first-order valence-corrected chi connectivity index (χ1v) is 12.6. The Hall–Kier alpha value is -1.81. The van der Waals surface area contributed by atoms with Crippen LogP contribution in [-0.2, 0) is 14.9 Å². The summed E-state index contributed by atoms with van der Waals surface area (Å²) in [6, 6.07) is 11.9. The number of ether oxygens (including phenoxy) is 4. The zero-order valence-corrected chi connectivity index (χ0v) is 21.2. The maximum atomic E-state index is 11.6. The second kappa shape index (κ2) is 10.4. The van der Waals surface area contributed by atoms with E-state index in [9.17, 15) is 5.11 Å². The molecule has 0 aromatic heterocycles. The molecule has 1 N–H and O–H groups in total. The lowest BCUT2D eigenvalue weighted by Gasteiger charge is -2.42. The molecule has 0 aliphatic heterocycles. The van der Waals surface area contributed by atoms with Crippen LogP contribution in [0.2, 0.25) is 0 Å². The molecule has 0 radical (unpaired) electrons. The number of para-hydroxylation sites is 1. The standard InChI is InChI=1S/C26H37O5P/c1-26(2,3)17-11-8-16-22(23(17)27)32(24-18(28-4)12-9-13-19(24)29-5)25-20(30-6)14-10-15-21(25)31-7/h8-9,11-13,16,20-21,25,27H,10,14-15H2,1-7H3. The molecule has 1 fully saturated rings. The lowest BCUT2D eigenvalue weighted by molar-refractivity contribution is -0.00362. The number of methoxy groups -OCH3 is 4. The van der Waals surface area contributed by atoms with Gasteiger partial charge in [-0.1, -0.05) is 45.0 Å². The molecular weight excluding hydrogens is 423 g/mol. The predicted molar refractivity (Wildman–Crippen MR) is 132 cm³/mol. The summed E-state index contributed by atoms with van der Waals surface area (Å²) in [4.78, 5) is 0. The van der Waals surface area contributed by atoms with Crippen LogP contribution in [0.4, 0.5) is 0 Å². The highest BCUT2D eigenvalue weighted by Crippen LogP contribution is 2.53. The average molecular weight is 461 g/mol. The maximum absolute atomic E-state index is 11.6. The van der Waals surface area contributed by atoms with Gasteiger partial charge in [0.25, 0.3) is 0 Å². The molecule has 0 spiro atoms. The average Bonchev–Trinajstić information content (AvgIpc) is 2.79. The molecule has 2 aromatic carbocycles. The summed E-state index contributed by atoms with van der Waals surface area (Å²) in [7, 11) is 5.76. The van der Waals surface area contributed by atoms with Crippen molar-refractivity contribution < 1.29 is 24.1 Å². The molecule has 176 valence electrons. The summed E-state index contributed by atoms with van der Waals surface area (Å²) >= 11 is 0. The third kappa shape index (κ3) is 4.76. The first kappa shape index (κ1) is 24.8. The minimum atomic E-state index is -1.15. The number of benzene rings is 2. The number of phenolic OH excluding ortho intramolecular Hbond substituents is 1. The van der Waals surface area contributed by atoms with Crippen molar-refractivity contribution in [1.29, 1.82) is 0 Å². The van der Waals surface area contributed by atoms with Crippen molar-refractivity contribution in [3.63, 3.8) is 0 Å². The van der Waals surface area contributed by atoms with Gasteiger partial charge in [0.05, 0.1) is 31.7 Å². The molecule has 0 amide bonds. The first-order chi connectivity index (χ1) is 15.3. The van der Waals surface area contributed by atoms with Gasteiger partial charge in [0.15, 0.2) is 0 Å². The molecular formula is C26H37O5P. The monoisotopic (exact) mass is 460 g/mol. The van der Waals surface area contributed by atoms with Crippen molar-refractivity contribution >= 4 is 18.5 Å². The highest BCUT2D eigenvalue weighted by Gasteiger charge is 2.44. The van der Waals surface area contributed by atoms with E-state index in [1.165, 1.54) is 0 Å². The smallest absolute Gasteiger partial charge is 0.130 e. The number of phenols is 1. The summed E-state index contributed by atoms with van der Waals surface area (Å²) in [6.45, 7) is 6.36. The normalized spacial score (nSPS) is 22.4. The van der Waals surface area contributed by atoms with Gasteiger partial charge in [-0.2, -0.15) is 0 Å². The van der Waals surface area contributed by atoms with Gasteiger partial charge in [0.1, 0.15) is 17.2 Å². The fraction of sp³-hybridized carbons (Fsp3) is 0.538. The van der Waals surface area contributed by atoms with Crippen LogP contribution in [0.5, 0.6) is 17.2 Å². The van der Waals surface area contributed by atoms with Gasteiger partial charge in [-0.25, -0.2) is 0 Å². The lowest BCUT2D eigenvalue weighted by atomic mass is 9.86. The molecule has 2 aromatic rings. The fourth-order valence-electron chi connectivity index (χ4n) is 4.78. The van der Waals surface area contributed by atoms with E-state index in [0.29, 0.717) is 5.75 Å². The number of rotatable bonds is 7.